The molecule has 16 heavy (non-hydrogen) atoms. The summed E-state index contributed by atoms with van der Waals surface area (Å²) in [6, 6.07) is 10.3. The van der Waals surface area contributed by atoms with E-state index in [1.165, 1.54) is 10.8 Å². The SMILES string of the molecule is c1ccc2c(Cc3ncc[nH]3)nccc2c1. The van der Waals surface area contributed by atoms with Gasteiger partial charge in [0.25, 0.3) is 0 Å². The third-order valence-electron chi connectivity index (χ3n) is 2.65. The highest BCUT2D eigenvalue weighted by atomic mass is 14.9. The highest BCUT2D eigenvalue weighted by Gasteiger charge is 2.04. The van der Waals surface area contributed by atoms with Crippen LogP contribution < -0.4 is 0 Å². The second kappa shape index (κ2) is 3.77. The molecule has 78 valence electrons. The zero-order chi connectivity index (χ0) is 10.8. The van der Waals surface area contributed by atoms with Crippen molar-refractivity contribution in [3.8, 4) is 0 Å². The number of pyridine rings is 1. The van der Waals surface area contributed by atoms with Crippen LogP contribution in [0.25, 0.3) is 10.8 Å². The summed E-state index contributed by atoms with van der Waals surface area (Å²) in [5.74, 6) is 0.948. The zero-order valence-corrected chi connectivity index (χ0v) is 8.72. The number of aromatic nitrogens is 3. The van der Waals surface area contributed by atoms with Gasteiger partial charge in [-0.2, -0.15) is 0 Å². The lowest BCUT2D eigenvalue weighted by molar-refractivity contribution is 0.989. The number of imidazole rings is 1. The molecule has 0 aliphatic heterocycles. The molecule has 0 unspecified atom stereocenters. The molecule has 2 heterocycles. The minimum Gasteiger partial charge on any atom is -0.348 e. The van der Waals surface area contributed by atoms with Gasteiger partial charge in [-0.1, -0.05) is 24.3 Å². The van der Waals surface area contributed by atoms with E-state index in [1.807, 2.05) is 30.6 Å². The third-order valence-corrected chi connectivity index (χ3v) is 2.65. The number of nitrogens with zero attached hydrogens (tertiary/aromatic N) is 2. The Labute approximate surface area is 93.2 Å². The quantitative estimate of drug-likeness (QED) is 0.704. The van der Waals surface area contributed by atoms with Gasteiger partial charge in [0, 0.05) is 30.4 Å². The largest absolute Gasteiger partial charge is 0.348 e. The Hall–Kier alpha value is -2.16. The molecule has 0 amide bonds. The number of aromatic amines is 1. The molecule has 0 aliphatic rings. The smallest absolute Gasteiger partial charge is 0.112 e. The van der Waals surface area contributed by atoms with Crippen molar-refractivity contribution >= 4 is 10.8 Å². The van der Waals surface area contributed by atoms with Gasteiger partial charge >= 0.3 is 0 Å². The lowest BCUT2D eigenvalue weighted by Crippen LogP contribution is -1.95. The third kappa shape index (κ3) is 1.56. The lowest BCUT2D eigenvalue weighted by atomic mass is 10.1. The number of rotatable bonds is 2. The summed E-state index contributed by atoms with van der Waals surface area (Å²) in [4.78, 5) is 11.7. The van der Waals surface area contributed by atoms with E-state index in [4.69, 9.17) is 0 Å². The summed E-state index contributed by atoms with van der Waals surface area (Å²) in [6.07, 6.45) is 6.19. The van der Waals surface area contributed by atoms with E-state index < -0.39 is 0 Å². The van der Waals surface area contributed by atoms with Gasteiger partial charge in [0.15, 0.2) is 0 Å². The van der Waals surface area contributed by atoms with Crippen LogP contribution in [0.2, 0.25) is 0 Å². The second-order valence-corrected chi connectivity index (χ2v) is 3.69. The van der Waals surface area contributed by atoms with Crippen molar-refractivity contribution < 1.29 is 0 Å². The Balaban J connectivity index is 2.10. The van der Waals surface area contributed by atoms with Gasteiger partial charge < -0.3 is 4.98 Å². The molecule has 3 nitrogen and oxygen atoms in total. The molecule has 0 bridgehead atoms. The fourth-order valence-electron chi connectivity index (χ4n) is 1.88. The van der Waals surface area contributed by atoms with Crippen LogP contribution in [0.4, 0.5) is 0 Å². The fraction of sp³-hybridized carbons (Fsp3) is 0.0769. The van der Waals surface area contributed by atoms with E-state index in [9.17, 15) is 0 Å². The highest BCUT2D eigenvalue weighted by molar-refractivity contribution is 5.84. The first kappa shape index (κ1) is 9.09. The number of H-pyrrole nitrogens is 1. The van der Waals surface area contributed by atoms with Gasteiger partial charge in [-0.25, -0.2) is 4.98 Å². The van der Waals surface area contributed by atoms with E-state index in [0.717, 1.165) is 17.9 Å². The predicted molar refractivity (Wildman–Crippen MR) is 63.1 cm³/mol. The topological polar surface area (TPSA) is 41.6 Å². The Morgan fingerprint density at radius 1 is 1.00 bits per heavy atom. The molecule has 0 atom stereocenters. The van der Waals surface area contributed by atoms with Crippen molar-refractivity contribution in [3.63, 3.8) is 0 Å². The van der Waals surface area contributed by atoms with E-state index in [1.54, 1.807) is 6.20 Å². The fourth-order valence-corrected chi connectivity index (χ4v) is 1.88. The summed E-state index contributed by atoms with van der Waals surface area (Å²) < 4.78 is 0. The first-order chi connectivity index (χ1) is 7.93. The number of hydrogen-bond acceptors (Lipinski definition) is 2. The van der Waals surface area contributed by atoms with Crippen LogP contribution in [-0.4, -0.2) is 15.0 Å². The van der Waals surface area contributed by atoms with E-state index in [2.05, 4.69) is 27.1 Å². The van der Waals surface area contributed by atoms with E-state index >= 15 is 0 Å². The molecule has 3 rings (SSSR count). The van der Waals surface area contributed by atoms with E-state index in [-0.39, 0.29) is 0 Å². The molecule has 1 aromatic carbocycles. The summed E-state index contributed by atoms with van der Waals surface area (Å²) in [6.45, 7) is 0. The Kier molecular flexibility index (Phi) is 2.14. The van der Waals surface area contributed by atoms with Crippen LogP contribution in [0.15, 0.2) is 48.9 Å². The molecular formula is C13H11N3. The molecule has 3 heteroatoms. The number of fused-ring (bicyclic) bond motifs is 1. The van der Waals surface area contributed by atoms with Crippen molar-refractivity contribution in [2.45, 2.75) is 6.42 Å². The van der Waals surface area contributed by atoms with Gasteiger partial charge in [-0.15, -0.1) is 0 Å². The van der Waals surface area contributed by atoms with Crippen LogP contribution in [0.3, 0.4) is 0 Å². The first-order valence-electron chi connectivity index (χ1n) is 5.24. The number of hydrogen-bond donors (Lipinski definition) is 1. The average molecular weight is 209 g/mol. The molecule has 0 saturated heterocycles. The van der Waals surface area contributed by atoms with Crippen LogP contribution in [0.5, 0.6) is 0 Å². The maximum absolute atomic E-state index is 4.42. The van der Waals surface area contributed by atoms with Crippen molar-refractivity contribution in [2.24, 2.45) is 0 Å². The highest BCUT2D eigenvalue weighted by Crippen LogP contribution is 2.17. The number of benzene rings is 1. The zero-order valence-electron chi connectivity index (χ0n) is 8.72. The van der Waals surface area contributed by atoms with Crippen LogP contribution in [-0.2, 0) is 6.42 Å². The summed E-state index contributed by atoms with van der Waals surface area (Å²) >= 11 is 0. The van der Waals surface area contributed by atoms with Crippen molar-refractivity contribution in [1.82, 2.24) is 15.0 Å². The second-order valence-electron chi connectivity index (χ2n) is 3.69. The molecule has 0 saturated carbocycles. The summed E-state index contributed by atoms with van der Waals surface area (Å²) in [5, 5.41) is 2.42. The van der Waals surface area contributed by atoms with Gasteiger partial charge in [-0.3, -0.25) is 4.98 Å². The maximum Gasteiger partial charge on any atom is 0.112 e. The van der Waals surface area contributed by atoms with Crippen LogP contribution in [0.1, 0.15) is 11.5 Å². The lowest BCUT2D eigenvalue weighted by Gasteiger charge is -2.03. The minimum absolute atomic E-state index is 0.744. The Bertz CT molecular complexity index is 594. The van der Waals surface area contributed by atoms with Crippen molar-refractivity contribution in [1.29, 1.82) is 0 Å². The molecule has 1 N–H and O–H groups in total. The van der Waals surface area contributed by atoms with Crippen LogP contribution >= 0.6 is 0 Å². The Morgan fingerprint density at radius 2 is 1.94 bits per heavy atom. The summed E-state index contributed by atoms with van der Waals surface area (Å²) in [7, 11) is 0. The van der Waals surface area contributed by atoms with Gasteiger partial charge in [-0.05, 0) is 11.5 Å². The first-order valence-corrected chi connectivity index (χ1v) is 5.24. The molecule has 0 fully saturated rings. The normalized spacial score (nSPS) is 10.8. The maximum atomic E-state index is 4.42. The van der Waals surface area contributed by atoms with Gasteiger partial charge in [0.2, 0.25) is 0 Å². The monoisotopic (exact) mass is 209 g/mol. The van der Waals surface area contributed by atoms with E-state index in [0.29, 0.717) is 0 Å². The molecule has 3 aromatic rings. The number of nitrogens with one attached hydrogen (secondary N) is 1. The van der Waals surface area contributed by atoms with Crippen molar-refractivity contribution in [3.05, 3.63) is 60.4 Å². The molecule has 0 radical (unpaired) electrons. The predicted octanol–water partition coefficient (Wildman–Crippen LogP) is 2.55. The molecule has 0 aliphatic carbocycles. The summed E-state index contributed by atoms with van der Waals surface area (Å²) in [5.41, 5.74) is 1.06. The van der Waals surface area contributed by atoms with Crippen LogP contribution in [0, 0.1) is 0 Å². The molecular weight excluding hydrogens is 198 g/mol. The minimum atomic E-state index is 0.744. The average Bonchev–Trinajstić information content (AvgIpc) is 2.82. The molecule has 2 aromatic heterocycles. The van der Waals surface area contributed by atoms with Gasteiger partial charge in [0.1, 0.15) is 5.82 Å². The molecule has 0 spiro atoms. The van der Waals surface area contributed by atoms with Crippen molar-refractivity contribution in [2.75, 3.05) is 0 Å². The standard InChI is InChI=1S/C13H11N3/c1-2-4-11-10(3-1)5-6-14-12(11)9-13-15-7-8-16-13/h1-8H,9H2,(H,15,16). The van der Waals surface area contributed by atoms with Gasteiger partial charge in [0.05, 0.1) is 5.69 Å². The Morgan fingerprint density at radius 3 is 2.81 bits per heavy atom.